The molecule has 3 aromatic rings. The summed E-state index contributed by atoms with van der Waals surface area (Å²) >= 11 is 0. The molecule has 8 nitrogen and oxygen atoms in total. The van der Waals surface area contributed by atoms with E-state index >= 15 is 0 Å². The number of nitriles is 2. The van der Waals surface area contributed by atoms with Crippen molar-refractivity contribution in [2.24, 2.45) is 0 Å². The van der Waals surface area contributed by atoms with Gasteiger partial charge in [-0.15, -0.1) is 5.10 Å². The van der Waals surface area contributed by atoms with E-state index in [1.165, 1.54) is 42.6 Å². The predicted molar refractivity (Wildman–Crippen MR) is 95.2 cm³/mol. The maximum absolute atomic E-state index is 13.7. The van der Waals surface area contributed by atoms with Crippen LogP contribution in [0.4, 0.5) is 10.2 Å². The van der Waals surface area contributed by atoms with Crippen molar-refractivity contribution in [3.63, 3.8) is 0 Å². The Balaban J connectivity index is 1.89. The first kappa shape index (κ1) is 18.8. The van der Waals surface area contributed by atoms with Gasteiger partial charge < -0.3 is 4.74 Å². The van der Waals surface area contributed by atoms with Crippen molar-refractivity contribution in [3.05, 3.63) is 71.7 Å². The van der Waals surface area contributed by atoms with E-state index < -0.39 is 15.8 Å². The molecule has 28 heavy (non-hydrogen) atoms. The van der Waals surface area contributed by atoms with Crippen LogP contribution in [0.3, 0.4) is 0 Å². The molecule has 1 N–H and O–H groups in total. The molecule has 1 heterocycles. The van der Waals surface area contributed by atoms with Gasteiger partial charge in [0.05, 0.1) is 16.0 Å². The smallest absolute Gasteiger partial charge is 0.263 e. The average Bonchev–Trinajstić information content (AvgIpc) is 2.69. The molecule has 0 atom stereocenters. The number of ether oxygens (including phenoxy) is 1. The van der Waals surface area contributed by atoms with Crippen LogP contribution in [0.15, 0.2) is 59.6 Å². The van der Waals surface area contributed by atoms with E-state index in [-0.39, 0.29) is 33.3 Å². The molecule has 2 aromatic carbocycles. The van der Waals surface area contributed by atoms with Crippen LogP contribution in [0.2, 0.25) is 0 Å². The minimum absolute atomic E-state index is 0.0226. The molecule has 0 fully saturated rings. The van der Waals surface area contributed by atoms with Gasteiger partial charge in [0, 0.05) is 12.3 Å². The molecule has 3 rings (SSSR count). The van der Waals surface area contributed by atoms with Crippen molar-refractivity contribution in [1.82, 2.24) is 10.2 Å². The number of hydrogen-bond donors (Lipinski definition) is 1. The van der Waals surface area contributed by atoms with Gasteiger partial charge in [-0.1, -0.05) is 0 Å². The highest BCUT2D eigenvalue weighted by Gasteiger charge is 2.18. The van der Waals surface area contributed by atoms with E-state index in [0.717, 1.165) is 12.1 Å². The number of anilines is 1. The normalized spacial score (nSPS) is 10.5. The van der Waals surface area contributed by atoms with Crippen LogP contribution in [0.5, 0.6) is 11.5 Å². The molecule has 0 bridgehead atoms. The molecule has 10 heteroatoms. The first-order valence-electron chi connectivity index (χ1n) is 7.65. The Morgan fingerprint density at radius 1 is 1.04 bits per heavy atom. The minimum Gasteiger partial charge on any atom is -0.456 e. The largest absolute Gasteiger partial charge is 0.456 e. The van der Waals surface area contributed by atoms with Gasteiger partial charge in [-0.2, -0.15) is 15.6 Å². The number of nitrogens with zero attached hydrogens (tertiary/aromatic N) is 4. The van der Waals surface area contributed by atoms with Gasteiger partial charge in [-0.05, 0) is 42.5 Å². The second-order valence-corrected chi connectivity index (χ2v) is 7.02. The molecule has 1 aromatic heterocycles. The van der Waals surface area contributed by atoms with Crippen LogP contribution in [0, 0.1) is 28.5 Å². The second kappa shape index (κ2) is 7.70. The first-order chi connectivity index (χ1) is 13.4. The predicted octanol–water partition coefficient (Wildman–Crippen LogP) is 2.95. The van der Waals surface area contributed by atoms with Crippen molar-refractivity contribution in [2.45, 2.75) is 4.90 Å². The minimum atomic E-state index is -4.01. The van der Waals surface area contributed by atoms with E-state index in [1.54, 1.807) is 6.07 Å². The van der Waals surface area contributed by atoms with Crippen LogP contribution < -0.4 is 9.46 Å². The number of benzene rings is 2. The zero-order valence-electron chi connectivity index (χ0n) is 14.0. The molecule has 0 aliphatic carbocycles. The quantitative estimate of drug-likeness (QED) is 0.703. The fraction of sp³-hybridized carbons (Fsp3) is 0. The standard InChI is InChI=1S/C18H10FN5O3S/c19-16-9-14(4-3-12(16)10-20)27-17-6-5-15(8-13(17)11-21)28(25,26)24-18-2-1-7-22-23-18/h1-9H,(H,23,24). The van der Waals surface area contributed by atoms with Crippen molar-refractivity contribution in [2.75, 3.05) is 4.72 Å². The lowest BCUT2D eigenvalue weighted by Crippen LogP contribution is -2.14. The zero-order chi connectivity index (χ0) is 20.1. The van der Waals surface area contributed by atoms with Gasteiger partial charge in [-0.25, -0.2) is 12.8 Å². The maximum atomic E-state index is 13.7. The lowest BCUT2D eigenvalue weighted by molar-refractivity contribution is 0.474. The summed E-state index contributed by atoms with van der Waals surface area (Å²) in [5.41, 5.74) is -0.226. The Bertz CT molecular complexity index is 1220. The molecule has 138 valence electrons. The van der Waals surface area contributed by atoms with E-state index in [2.05, 4.69) is 14.9 Å². The summed E-state index contributed by atoms with van der Waals surface area (Å²) in [4.78, 5) is -0.187. The summed E-state index contributed by atoms with van der Waals surface area (Å²) in [6, 6.07) is 13.7. The molecule has 0 unspecified atom stereocenters. The molecular formula is C18H10FN5O3S. The molecule has 0 saturated heterocycles. The molecule has 0 saturated carbocycles. The summed E-state index contributed by atoms with van der Waals surface area (Å²) in [7, 11) is -4.01. The van der Waals surface area contributed by atoms with Crippen LogP contribution in [-0.2, 0) is 10.0 Å². The van der Waals surface area contributed by atoms with Crippen molar-refractivity contribution >= 4 is 15.8 Å². The Morgan fingerprint density at radius 2 is 1.82 bits per heavy atom. The average molecular weight is 395 g/mol. The van der Waals surface area contributed by atoms with Gasteiger partial charge >= 0.3 is 0 Å². The SMILES string of the molecule is N#Cc1ccc(Oc2ccc(S(=O)(=O)Nc3cccnn3)cc2C#N)cc1F. The van der Waals surface area contributed by atoms with Crippen molar-refractivity contribution < 1.29 is 17.5 Å². The summed E-state index contributed by atoms with van der Waals surface area (Å²) in [6.45, 7) is 0. The fourth-order valence-electron chi connectivity index (χ4n) is 2.18. The molecule has 0 aliphatic rings. The number of nitrogens with one attached hydrogen (secondary N) is 1. The summed E-state index contributed by atoms with van der Waals surface area (Å²) in [6.07, 6.45) is 1.39. The number of aromatic nitrogens is 2. The highest BCUT2D eigenvalue weighted by molar-refractivity contribution is 7.92. The molecule has 0 amide bonds. The number of halogens is 1. The third-order valence-corrected chi connectivity index (χ3v) is 4.83. The molecule has 0 aliphatic heterocycles. The molecular weight excluding hydrogens is 385 g/mol. The van der Waals surface area contributed by atoms with E-state index in [4.69, 9.17) is 10.00 Å². The Morgan fingerprint density at radius 3 is 2.46 bits per heavy atom. The molecule has 0 radical (unpaired) electrons. The second-order valence-electron chi connectivity index (χ2n) is 5.34. The van der Waals surface area contributed by atoms with Crippen LogP contribution in [-0.4, -0.2) is 18.6 Å². The van der Waals surface area contributed by atoms with E-state index in [1.807, 2.05) is 6.07 Å². The maximum Gasteiger partial charge on any atom is 0.263 e. The Labute approximate surface area is 159 Å². The van der Waals surface area contributed by atoms with E-state index in [0.29, 0.717) is 0 Å². The van der Waals surface area contributed by atoms with Crippen LogP contribution in [0.25, 0.3) is 0 Å². The van der Waals surface area contributed by atoms with Crippen LogP contribution in [0.1, 0.15) is 11.1 Å². The van der Waals surface area contributed by atoms with Crippen LogP contribution >= 0.6 is 0 Å². The van der Waals surface area contributed by atoms with Gasteiger partial charge in [0.2, 0.25) is 0 Å². The summed E-state index contributed by atoms with van der Waals surface area (Å²) in [5.74, 6) is -0.661. The highest BCUT2D eigenvalue weighted by atomic mass is 32.2. The van der Waals surface area contributed by atoms with Crippen molar-refractivity contribution in [1.29, 1.82) is 10.5 Å². The summed E-state index contributed by atoms with van der Waals surface area (Å²) < 4.78 is 46.3. The Hall–Kier alpha value is -4.02. The zero-order valence-corrected chi connectivity index (χ0v) is 14.8. The Kier molecular flexibility index (Phi) is 5.16. The number of sulfonamides is 1. The number of rotatable bonds is 5. The van der Waals surface area contributed by atoms with Gasteiger partial charge in [0.1, 0.15) is 29.5 Å². The van der Waals surface area contributed by atoms with Gasteiger partial charge in [0.15, 0.2) is 5.82 Å². The van der Waals surface area contributed by atoms with Gasteiger partial charge in [0.25, 0.3) is 10.0 Å². The lowest BCUT2D eigenvalue weighted by Gasteiger charge is -2.11. The fourth-order valence-corrected chi connectivity index (χ4v) is 3.20. The first-order valence-corrected chi connectivity index (χ1v) is 9.13. The third-order valence-electron chi connectivity index (χ3n) is 3.48. The van der Waals surface area contributed by atoms with E-state index in [9.17, 15) is 18.1 Å². The monoisotopic (exact) mass is 395 g/mol. The highest BCUT2D eigenvalue weighted by Crippen LogP contribution is 2.28. The van der Waals surface area contributed by atoms with Crippen molar-refractivity contribution in [3.8, 4) is 23.6 Å². The lowest BCUT2D eigenvalue weighted by atomic mass is 10.2. The molecule has 0 spiro atoms. The third kappa shape index (κ3) is 4.03. The topological polar surface area (TPSA) is 129 Å². The number of hydrogen-bond acceptors (Lipinski definition) is 7. The van der Waals surface area contributed by atoms with Gasteiger partial charge in [-0.3, -0.25) is 4.72 Å². The summed E-state index contributed by atoms with van der Waals surface area (Å²) in [5, 5.41) is 25.3.